The van der Waals surface area contributed by atoms with Gasteiger partial charge in [0.15, 0.2) is 0 Å². The van der Waals surface area contributed by atoms with E-state index >= 15 is 0 Å². The van der Waals surface area contributed by atoms with Gasteiger partial charge in [-0.15, -0.1) is 0 Å². The second-order valence-corrected chi connectivity index (χ2v) is 9.26. The van der Waals surface area contributed by atoms with Gasteiger partial charge >= 0.3 is 6.09 Å². The van der Waals surface area contributed by atoms with Crippen LogP contribution in [0.25, 0.3) is 17.5 Å². The fraction of sp³-hybridized carbons (Fsp3) is 0.227. The van der Waals surface area contributed by atoms with Gasteiger partial charge in [-0.3, -0.25) is 4.90 Å². The van der Waals surface area contributed by atoms with Gasteiger partial charge in [-0.25, -0.2) is 13.2 Å². The van der Waals surface area contributed by atoms with E-state index < -0.39 is 22.2 Å². The van der Waals surface area contributed by atoms with Gasteiger partial charge in [-0.2, -0.15) is 9.29 Å². The lowest BCUT2D eigenvalue weighted by atomic mass is 10.2. The van der Waals surface area contributed by atoms with Gasteiger partial charge in [-0.05, 0) is 35.9 Å². The van der Waals surface area contributed by atoms with Crippen molar-refractivity contribution in [1.82, 2.24) is 14.4 Å². The molecular formula is C22H22N4O5S. The van der Waals surface area contributed by atoms with Crippen LogP contribution in [0.5, 0.6) is 0 Å². The van der Waals surface area contributed by atoms with Crippen molar-refractivity contribution < 1.29 is 22.5 Å². The molecule has 1 aliphatic heterocycles. The van der Waals surface area contributed by atoms with Crippen molar-refractivity contribution in [3.63, 3.8) is 0 Å². The molecule has 2 heterocycles. The standard InChI is InChI=1S/C22H22N4O5S/c1-16-23-21(24-31-16)18-8-10-19(11-9-18)26-15-20(30-22(26)27)14-25(2)32(28,29)13-12-17-6-4-3-5-7-17/h3-13,20H,14-15H2,1-2H3. The van der Waals surface area contributed by atoms with Crippen LogP contribution < -0.4 is 4.90 Å². The predicted octanol–water partition coefficient (Wildman–Crippen LogP) is 3.30. The van der Waals surface area contributed by atoms with Crippen molar-refractivity contribution in [2.24, 2.45) is 0 Å². The van der Waals surface area contributed by atoms with Gasteiger partial charge in [0.05, 0.1) is 13.1 Å². The molecule has 1 aromatic heterocycles. The Morgan fingerprint density at radius 1 is 1.16 bits per heavy atom. The number of amides is 1. The number of likely N-dealkylation sites (N-methyl/N-ethyl adjacent to an activating group) is 1. The fourth-order valence-corrected chi connectivity index (χ4v) is 4.17. The highest BCUT2D eigenvalue weighted by atomic mass is 32.2. The zero-order valence-corrected chi connectivity index (χ0v) is 18.4. The summed E-state index contributed by atoms with van der Waals surface area (Å²) in [5, 5.41) is 5.02. The molecule has 10 heteroatoms. The molecule has 0 saturated carbocycles. The average molecular weight is 455 g/mol. The molecule has 1 aliphatic rings. The van der Waals surface area contributed by atoms with Gasteiger partial charge in [0.2, 0.25) is 21.7 Å². The predicted molar refractivity (Wildman–Crippen MR) is 119 cm³/mol. The number of aryl methyl sites for hydroxylation is 1. The van der Waals surface area contributed by atoms with Crippen LogP contribution in [-0.4, -0.2) is 55.2 Å². The number of carbonyl (C=O) groups is 1. The number of hydrogen-bond acceptors (Lipinski definition) is 7. The number of aromatic nitrogens is 2. The Morgan fingerprint density at radius 2 is 1.88 bits per heavy atom. The molecule has 4 rings (SSSR count). The Hall–Kier alpha value is -3.50. The van der Waals surface area contributed by atoms with Crippen LogP contribution >= 0.6 is 0 Å². The molecule has 166 valence electrons. The van der Waals surface area contributed by atoms with Crippen molar-refractivity contribution in [1.29, 1.82) is 0 Å². The first-order valence-corrected chi connectivity index (χ1v) is 11.4. The Labute approximate surface area is 186 Å². The van der Waals surface area contributed by atoms with E-state index in [1.807, 2.05) is 30.3 Å². The molecule has 32 heavy (non-hydrogen) atoms. The highest BCUT2D eigenvalue weighted by Crippen LogP contribution is 2.25. The summed E-state index contributed by atoms with van der Waals surface area (Å²) < 4.78 is 36.7. The Bertz CT molecular complexity index is 1220. The minimum absolute atomic E-state index is 0.0456. The summed E-state index contributed by atoms with van der Waals surface area (Å²) >= 11 is 0. The van der Waals surface area contributed by atoms with E-state index in [9.17, 15) is 13.2 Å². The maximum absolute atomic E-state index is 12.6. The Balaban J connectivity index is 1.39. The van der Waals surface area contributed by atoms with Gasteiger partial charge < -0.3 is 9.26 Å². The lowest BCUT2D eigenvalue weighted by molar-refractivity contribution is 0.131. The van der Waals surface area contributed by atoms with Crippen molar-refractivity contribution in [2.45, 2.75) is 13.0 Å². The molecule has 9 nitrogen and oxygen atoms in total. The summed E-state index contributed by atoms with van der Waals surface area (Å²) in [6.07, 6.45) is 0.418. The summed E-state index contributed by atoms with van der Waals surface area (Å²) in [7, 11) is -2.20. The van der Waals surface area contributed by atoms with E-state index in [0.29, 0.717) is 17.4 Å². The van der Waals surface area contributed by atoms with Crippen molar-refractivity contribution >= 4 is 27.9 Å². The maximum atomic E-state index is 12.6. The highest BCUT2D eigenvalue weighted by molar-refractivity contribution is 7.92. The highest BCUT2D eigenvalue weighted by Gasteiger charge is 2.34. The molecule has 1 saturated heterocycles. The quantitative estimate of drug-likeness (QED) is 0.539. The topological polar surface area (TPSA) is 106 Å². The third-order valence-corrected chi connectivity index (χ3v) is 6.46. The van der Waals surface area contributed by atoms with E-state index in [1.54, 1.807) is 31.2 Å². The molecule has 1 fully saturated rings. The molecule has 0 radical (unpaired) electrons. The molecule has 1 atom stereocenters. The lowest BCUT2D eigenvalue weighted by Crippen LogP contribution is -2.35. The number of rotatable bonds is 7. The SMILES string of the molecule is Cc1nc(-c2ccc(N3CC(CN(C)S(=O)(=O)C=Cc4ccccc4)OC3=O)cc2)no1. The number of benzene rings is 2. The maximum Gasteiger partial charge on any atom is 0.414 e. The van der Waals surface area contributed by atoms with E-state index in [0.717, 1.165) is 16.5 Å². The monoisotopic (exact) mass is 454 g/mol. The number of nitrogens with zero attached hydrogens (tertiary/aromatic N) is 4. The number of sulfonamides is 1. The van der Waals surface area contributed by atoms with Crippen LogP contribution in [0.2, 0.25) is 0 Å². The van der Waals surface area contributed by atoms with E-state index in [2.05, 4.69) is 10.1 Å². The largest absolute Gasteiger partial charge is 0.443 e. The van der Waals surface area contributed by atoms with Gasteiger partial charge in [-0.1, -0.05) is 35.5 Å². The molecule has 3 aromatic rings. The second kappa shape index (κ2) is 8.93. The first-order chi connectivity index (χ1) is 15.3. The molecule has 0 aliphatic carbocycles. The smallest absolute Gasteiger partial charge is 0.414 e. The molecule has 1 unspecified atom stereocenters. The summed E-state index contributed by atoms with van der Waals surface area (Å²) in [6, 6.07) is 16.2. The zero-order chi connectivity index (χ0) is 22.7. The molecule has 0 N–H and O–H groups in total. The molecule has 0 spiro atoms. The van der Waals surface area contributed by atoms with Gasteiger partial charge in [0.1, 0.15) is 6.10 Å². The molecular weight excluding hydrogens is 432 g/mol. The first-order valence-electron chi connectivity index (χ1n) is 9.90. The van der Waals surface area contributed by atoms with Crippen LogP contribution in [-0.2, 0) is 14.8 Å². The Kier molecular flexibility index (Phi) is 6.06. The van der Waals surface area contributed by atoms with Crippen LogP contribution in [0, 0.1) is 6.92 Å². The number of anilines is 1. The average Bonchev–Trinajstić information content (AvgIpc) is 3.38. The van der Waals surface area contributed by atoms with Crippen LogP contribution in [0.3, 0.4) is 0 Å². The zero-order valence-electron chi connectivity index (χ0n) is 17.6. The minimum Gasteiger partial charge on any atom is -0.443 e. The third kappa shape index (κ3) is 4.87. The number of hydrogen-bond donors (Lipinski definition) is 0. The van der Waals surface area contributed by atoms with Gasteiger partial charge in [0, 0.05) is 30.6 Å². The Morgan fingerprint density at radius 3 is 2.53 bits per heavy atom. The van der Waals surface area contributed by atoms with E-state index in [-0.39, 0.29) is 13.1 Å². The van der Waals surface area contributed by atoms with Crippen LogP contribution in [0.15, 0.2) is 64.5 Å². The van der Waals surface area contributed by atoms with Gasteiger partial charge in [0.25, 0.3) is 0 Å². The summed E-state index contributed by atoms with van der Waals surface area (Å²) in [4.78, 5) is 18.0. The number of ether oxygens (including phenoxy) is 1. The summed E-state index contributed by atoms with van der Waals surface area (Å²) in [6.45, 7) is 1.99. The summed E-state index contributed by atoms with van der Waals surface area (Å²) in [5.41, 5.74) is 2.17. The first kappa shape index (κ1) is 21.7. The molecule has 0 bridgehead atoms. The van der Waals surface area contributed by atoms with Crippen LogP contribution in [0.1, 0.15) is 11.5 Å². The second-order valence-electron chi connectivity index (χ2n) is 7.34. The van der Waals surface area contributed by atoms with E-state index in [1.165, 1.54) is 22.3 Å². The normalized spacial score (nSPS) is 16.8. The number of carbonyl (C=O) groups excluding carboxylic acids is 1. The summed E-state index contributed by atoms with van der Waals surface area (Å²) in [5.74, 6) is 0.930. The van der Waals surface area contributed by atoms with Crippen molar-refractivity contribution in [3.8, 4) is 11.4 Å². The molecule has 2 aromatic carbocycles. The van der Waals surface area contributed by atoms with Crippen LogP contribution in [0.4, 0.5) is 10.5 Å². The minimum atomic E-state index is -3.66. The third-order valence-electron chi connectivity index (χ3n) is 4.97. The fourth-order valence-electron chi connectivity index (χ4n) is 3.26. The van der Waals surface area contributed by atoms with Crippen molar-refractivity contribution in [2.75, 3.05) is 25.0 Å². The number of cyclic esters (lactones) is 1. The van der Waals surface area contributed by atoms with E-state index in [4.69, 9.17) is 9.26 Å². The molecule has 1 amide bonds. The van der Waals surface area contributed by atoms with Crippen molar-refractivity contribution in [3.05, 3.63) is 71.5 Å². The lowest BCUT2D eigenvalue weighted by Gasteiger charge is -2.18.